The number of nitrogens with one attached hydrogen (secondary N) is 1. The zero-order chi connectivity index (χ0) is 28.4. The topological polar surface area (TPSA) is 121 Å². The molecule has 17 heteroatoms. The van der Waals surface area contributed by atoms with E-state index in [2.05, 4.69) is 14.6 Å². The Hall–Kier alpha value is -3.47. The number of alkyl halides is 7. The molecule has 2 aromatic rings. The average molecular weight is 574 g/mol. The molecule has 0 spiro atoms. The van der Waals surface area contributed by atoms with E-state index in [9.17, 15) is 48.7 Å². The van der Waals surface area contributed by atoms with E-state index in [4.69, 9.17) is 4.74 Å². The molecule has 0 aliphatic carbocycles. The smallest absolute Gasteiger partial charge is 0.428 e. The van der Waals surface area contributed by atoms with Crippen molar-refractivity contribution in [1.82, 2.24) is 10.5 Å². The van der Waals surface area contributed by atoms with Gasteiger partial charge in [-0.1, -0.05) is 0 Å². The molecule has 1 fully saturated rings. The number of hydrogen-bond acceptors (Lipinski definition) is 8. The molecule has 0 saturated carbocycles. The maximum atomic E-state index is 13.4. The van der Waals surface area contributed by atoms with Gasteiger partial charge in [-0.05, 0) is 49.2 Å². The first-order valence-corrected chi connectivity index (χ1v) is 11.9. The van der Waals surface area contributed by atoms with Gasteiger partial charge in [0.15, 0.2) is 14.6 Å². The predicted octanol–water partition coefficient (Wildman–Crippen LogP) is 3.44. The summed E-state index contributed by atoms with van der Waals surface area (Å²) in [4.78, 5) is 30.8. The molecular weight excluding hydrogens is 557 g/mol. The summed E-state index contributed by atoms with van der Waals surface area (Å²) in [7, 11) is -4.64. The maximum Gasteiger partial charge on any atom is 0.493 e. The fourth-order valence-electron chi connectivity index (χ4n) is 3.39. The summed E-state index contributed by atoms with van der Waals surface area (Å²) < 4.78 is 121. The van der Waals surface area contributed by atoms with Crippen molar-refractivity contribution in [3.05, 3.63) is 42.6 Å². The van der Waals surface area contributed by atoms with Crippen molar-refractivity contribution in [3.63, 3.8) is 0 Å². The molecule has 1 aliphatic heterocycles. The number of ether oxygens (including phenoxy) is 2. The Morgan fingerprint density at radius 3 is 2.11 bits per heavy atom. The van der Waals surface area contributed by atoms with Crippen molar-refractivity contribution in [3.8, 4) is 17.0 Å². The van der Waals surface area contributed by atoms with Crippen molar-refractivity contribution >= 4 is 21.7 Å². The van der Waals surface area contributed by atoms with Gasteiger partial charge in [0.05, 0.1) is 10.6 Å². The Kier molecular flexibility index (Phi) is 8.21. The van der Waals surface area contributed by atoms with Crippen LogP contribution >= 0.6 is 0 Å². The van der Waals surface area contributed by atoms with Crippen LogP contribution < -0.4 is 10.2 Å². The molecule has 1 aromatic heterocycles. The summed E-state index contributed by atoms with van der Waals surface area (Å²) in [5, 5.41) is 0. The van der Waals surface area contributed by atoms with Crippen LogP contribution in [0.1, 0.15) is 12.8 Å². The number of hydrogen-bond donors (Lipinski definition) is 1. The Morgan fingerprint density at radius 1 is 1.00 bits per heavy atom. The highest BCUT2D eigenvalue weighted by Crippen LogP contribution is 2.36. The Morgan fingerprint density at radius 2 is 1.61 bits per heavy atom. The van der Waals surface area contributed by atoms with Gasteiger partial charge < -0.3 is 14.3 Å². The third-order valence-electron chi connectivity index (χ3n) is 5.40. The maximum absolute atomic E-state index is 13.4. The lowest BCUT2D eigenvalue weighted by Crippen LogP contribution is -2.56. The van der Waals surface area contributed by atoms with E-state index in [1.165, 1.54) is 23.7 Å². The number of nitrogens with zero attached hydrogens (tertiary/aromatic N) is 1. The van der Waals surface area contributed by atoms with E-state index in [0.717, 1.165) is 24.4 Å². The Bertz CT molecular complexity index is 1260. The first-order chi connectivity index (χ1) is 17.6. The molecule has 0 radical (unpaired) electrons. The summed E-state index contributed by atoms with van der Waals surface area (Å²) in [6.07, 6.45) is -14.3. The number of rotatable bonds is 7. The van der Waals surface area contributed by atoms with Gasteiger partial charge in [-0.25, -0.2) is 13.2 Å². The van der Waals surface area contributed by atoms with Gasteiger partial charge >= 0.3 is 24.7 Å². The number of hydroxylamine groups is 1. The van der Waals surface area contributed by atoms with Crippen molar-refractivity contribution in [2.75, 3.05) is 13.2 Å². The molecule has 1 aliphatic rings. The molecule has 208 valence electrons. The number of pyridine rings is 1. The van der Waals surface area contributed by atoms with E-state index >= 15 is 0 Å². The number of benzene rings is 1. The highest BCUT2D eigenvalue weighted by molar-refractivity contribution is 7.93. The van der Waals surface area contributed by atoms with E-state index in [-0.39, 0.29) is 24.5 Å². The number of carbonyl (C=O) groups excluding carboxylic acids is 2. The molecule has 2 heterocycles. The summed E-state index contributed by atoms with van der Waals surface area (Å²) in [6.45, 7) is -0.491. The second kappa shape index (κ2) is 10.7. The van der Waals surface area contributed by atoms with Gasteiger partial charge in [-0.2, -0.15) is 36.2 Å². The lowest BCUT2D eigenvalue weighted by molar-refractivity contribution is -0.253. The lowest BCUT2D eigenvalue weighted by Gasteiger charge is -2.34. The van der Waals surface area contributed by atoms with Gasteiger partial charge in [0, 0.05) is 25.0 Å². The van der Waals surface area contributed by atoms with E-state index in [1.807, 2.05) is 0 Å². The minimum Gasteiger partial charge on any atom is -0.428 e. The second-order valence-corrected chi connectivity index (χ2v) is 10.1. The van der Waals surface area contributed by atoms with Crippen LogP contribution in [0.4, 0.5) is 30.7 Å². The van der Waals surface area contributed by atoms with Gasteiger partial charge in [-0.3, -0.25) is 9.78 Å². The third kappa shape index (κ3) is 5.98. The summed E-state index contributed by atoms with van der Waals surface area (Å²) in [6, 6.07) is 6.53. The fraction of sp³-hybridized carbons (Fsp3) is 0.381. The molecule has 38 heavy (non-hydrogen) atoms. The Balaban J connectivity index is 1.83. The van der Waals surface area contributed by atoms with Gasteiger partial charge in [0.1, 0.15) is 5.75 Å². The molecule has 0 bridgehead atoms. The molecule has 0 atom stereocenters. The van der Waals surface area contributed by atoms with Gasteiger partial charge in [-0.15, -0.1) is 0 Å². The first kappa shape index (κ1) is 29.1. The number of amides is 1. The molecule has 1 N–H and O–H groups in total. The van der Waals surface area contributed by atoms with Crippen molar-refractivity contribution in [2.24, 2.45) is 0 Å². The van der Waals surface area contributed by atoms with Crippen LogP contribution in [-0.4, -0.2) is 61.9 Å². The summed E-state index contributed by atoms with van der Waals surface area (Å²) >= 11 is 0. The van der Waals surface area contributed by atoms with Crippen LogP contribution in [0.15, 0.2) is 47.5 Å². The quantitative estimate of drug-likeness (QED) is 0.395. The van der Waals surface area contributed by atoms with Crippen LogP contribution in [0.25, 0.3) is 11.3 Å². The van der Waals surface area contributed by atoms with Gasteiger partial charge in [0.2, 0.25) is 0 Å². The van der Waals surface area contributed by atoms with Crippen LogP contribution in [0, 0.1) is 0 Å². The van der Waals surface area contributed by atoms with Crippen molar-refractivity contribution in [1.29, 1.82) is 0 Å². The van der Waals surface area contributed by atoms with Crippen LogP contribution in [-0.2, 0) is 29.0 Å². The molecule has 1 amide bonds. The van der Waals surface area contributed by atoms with Crippen LogP contribution in [0.3, 0.4) is 0 Å². The van der Waals surface area contributed by atoms with E-state index in [0.29, 0.717) is 0 Å². The van der Waals surface area contributed by atoms with Crippen LogP contribution in [0.5, 0.6) is 5.75 Å². The molecule has 1 aromatic carbocycles. The molecule has 0 unspecified atom stereocenters. The molecule has 1 saturated heterocycles. The van der Waals surface area contributed by atoms with Crippen LogP contribution in [0.2, 0.25) is 0 Å². The summed E-state index contributed by atoms with van der Waals surface area (Å²) in [5.41, 5.74) is 1.63. The number of aromatic nitrogens is 1. The first-order valence-electron chi connectivity index (χ1n) is 10.4. The highest BCUT2D eigenvalue weighted by Gasteiger charge is 2.53. The number of carbonyl (C=O) groups is 2. The largest absolute Gasteiger partial charge is 0.493 e. The lowest BCUT2D eigenvalue weighted by atomic mass is 9.98. The SMILES string of the molecule is O=C(ONC(=O)C1(S(=O)(=O)c2ccc(-c3ccc(OC(F)(F)C(F)F)cc3)nc2)CCOCC1)C(F)(F)F. The Labute approximate surface area is 209 Å². The monoisotopic (exact) mass is 574 g/mol. The average Bonchev–Trinajstić information content (AvgIpc) is 2.87. The zero-order valence-electron chi connectivity index (χ0n) is 18.8. The number of sulfone groups is 1. The minimum absolute atomic E-state index is 0.112. The predicted molar refractivity (Wildman–Crippen MR) is 112 cm³/mol. The van der Waals surface area contributed by atoms with Crippen molar-refractivity contribution in [2.45, 2.75) is 41.2 Å². The number of halogens is 7. The normalized spacial score (nSPS) is 16.1. The van der Waals surface area contributed by atoms with Gasteiger partial charge in [0.25, 0.3) is 5.91 Å². The fourth-order valence-corrected chi connectivity index (χ4v) is 5.27. The van der Waals surface area contributed by atoms with Crippen molar-refractivity contribution < 1.29 is 63.1 Å². The third-order valence-corrected chi connectivity index (χ3v) is 7.89. The minimum atomic E-state index is -5.44. The molecule has 9 nitrogen and oxygen atoms in total. The standard InChI is InChI=1S/C21H17F7N2O7S/c22-16(23)21(27,28)36-13-3-1-12(2-4-13)15-6-5-14(11-29-15)38(33,34)19(7-9-35-10-8-19)17(31)30-37-18(32)20(24,25)26/h1-6,11,16H,7-10H2,(H,30,31). The molecular formula is C21H17F7N2O7S. The zero-order valence-corrected chi connectivity index (χ0v) is 19.6. The van der Waals surface area contributed by atoms with E-state index in [1.54, 1.807) is 0 Å². The summed E-state index contributed by atoms with van der Waals surface area (Å²) in [5.74, 6) is -4.85. The molecule has 3 rings (SSSR count). The van der Waals surface area contributed by atoms with E-state index < -0.39 is 68.7 Å². The second-order valence-electron chi connectivity index (χ2n) is 7.80. The highest BCUT2D eigenvalue weighted by atomic mass is 32.2.